The number of aliphatic carboxylic acids is 1. The molecule has 1 aromatic rings. The summed E-state index contributed by atoms with van der Waals surface area (Å²) in [6, 6.07) is 5.33. The first kappa shape index (κ1) is 18.4. The molecule has 0 radical (unpaired) electrons. The van der Waals surface area contributed by atoms with Gasteiger partial charge in [0.15, 0.2) is 5.75 Å². The van der Waals surface area contributed by atoms with E-state index in [1.165, 1.54) is 18.9 Å². The highest BCUT2D eigenvalue weighted by atomic mass is 16.6. The Balaban J connectivity index is 1.56. The van der Waals surface area contributed by atoms with Gasteiger partial charge in [0.1, 0.15) is 0 Å². The van der Waals surface area contributed by atoms with Crippen LogP contribution in [0.2, 0.25) is 0 Å². The zero-order valence-corrected chi connectivity index (χ0v) is 14.9. The lowest BCUT2D eigenvalue weighted by Gasteiger charge is -2.43. The maximum atomic E-state index is 11.1. The van der Waals surface area contributed by atoms with E-state index in [0.717, 1.165) is 25.1 Å². The molecular weight excluding hydrogens is 338 g/mol. The second-order valence-corrected chi connectivity index (χ2v) is 7.11. The highest BCUT2D eigenvalue weighted by molar-refractivity contribution is 5.69. The van der Waals surface area contributed by atoms with Crippen molar-refractivity contribution in [2.24, 2.45) is 5.92 Å². The molecule has 8 nitrogen and oxygen atoms in total. The normalized spacial score (nSPS) is 21.9. The molecule has 0 bridgehead atoms. The summed E-state index contributed by atoms with van der Waals surface area (Å²) in [5.74, 6) is 0.142. The lowest BCUT2D eigenvalue weighted by atomic mass is 9.85. The summed E-state index contributed by atoms with van der Waals surface area (Å²) >= 11 is 0. The number of carbonyl (C=O) groups is 1. The average Bonchev–Trinajstić information content (AvgIpc) is 3.33. The van der Waals surface area contributed by atoms with Crippen molar-refractivity contribution in [1.82, 2.24) is 4.90 Å². The first-order valence-electron chi connectivity index (χ1n) is 9.10. The largest absolute Gasteiger partial charge is 0.487 e. The number of hydrogen-bond donors (Lipinski definition) is 2. The molecule has 0 unspecified atom stereocenters. The fourth-order valence-corrected chi connectivity index (χ4v) is 3.41. The average molecular weight is 363 g/mol. The standard InChI is InChI=1S/C18H25N3O5/c1-2-26-17-9-13(5-6-16(17)21(24)25)19-14-7-15(8-14)20(11-18(22)23)10-12-3-4-12/h5-6,9,12,14-15,19H,2-4,7-8,10-11H2,1H3,(H,22,23). The summed E-state index contributed by atoms with van der Waals surface area (Å²) in [6.45, 7) is 3.12. The minimum Gasteiger partial charge on any atom is -0.487 e. The summed E-state index contributed by atoms with van der Waals surface area (Å²) in [7, 11) is 0. The summed E-state index contributed by atoms with van der Waals surface area (Å²) in [6.07, 6.45) is 4.16. The number of carboxylic acids is 1. The summed E-state index contributed by atoms with van der Waals surface area (Å²) in [5.41, 5.74) is 0.746. The predicted molar refractivity (Wildman–Crippen MR) is 96.6 cm³/mol. The fourth-order valence-electron chi connectivity index (χ4n) is 3.41. The van der Waals surface area contributed by atoms with Crippen LogP contribution >= 0.6 is 0 Å². The Morgan fingerprint density at radius 2 is 2.15 bits per heavy atom. The molecule has 26 heavy (non-hydrogen) atoms. The second kappa shape index (κ2) is 7.90. The fraction of sp³-hybridized carbons (Fsp3) is 0.611. The number of nitrogens with zero attached hydrogens (tertiary/aromatic N) is 2. The molecule has 0 aliphatic heterocycles. The highest BCUT2D eigenvalue weighted by Crippen LogP contribution is 2.36. The van der Waals surface area contributed by atoms with E-state index in [2.05, 4.69) is 10.2 Å². The van der Waals surface area contributed by atoms with Crippen molar-refractivity contribution in [3.8, 4) is 5.75 Å². The van der Waals surface area contributed by atoms with Crippen molar-refractivity contribution in [3.63, 3.8) is 0 Å². The molecule has 2 N–H and O–H groups in total. The van der Waals surface area contributed by atoms with Crippen LogP contribution in [0.3, 0.4) is 0 Å². The van der Waals surface area contributed by atoms with Crippen LogP contribution < -0.4 is 10.1 Å². The molecule has 0 aromatic heterocycles. The minimum absolute atomic E-state index is 0.0408. The number of ether oxygens (including phenoxy) is 1. The third-order valence-electron chi connectivity index (χ3n) is 4.98. The van der Waals surface area contributed by atoms with E-state index in [9.17, 15) is 14.9 Å². The second-order valence-electron chi connectivity index (χ2n) is 7.11. The van der Waals surface area contributed by atoms with Crippen molar-refractivity contribution in [2.45, 2.75) is 44.7 Å². The molecule has 0 saturated heterocycles. The van der Waals surface area contributed by atoms with Crippen molar-refractivity contribution in [3.05, 3.63) is 28.3 Å². The van der Waals surface area contributed by atoms with Gasteiger partial charge in [-0.2, -0.15) is 0 Å². The van der Waals surface area contributed by atoms with E-state index in [0.29, 0.717) is 12.5 Å². The van der Waals surface area contributed by atoms with Gasteiger partial charge in [-0.15, -0.1) is 0 Å². The predicted octanol–water partition coefficient (Wildman–Crippen LogP) is 2.73. The number of benzene rings is 1. The van der Waals surface area contributed by atoms with E-state index in [1.54, 1.807) is 19.1 Å². The van der Waals surface area contributed by atoms with Gasteiger partial charge in [0.25, 0.3) is 0 Å². The third kappa shape index (κ3) is 4.63. The van der Waals surface area contributed by atoms with E-state index in [-0.39, 0.29) is 30.1 Å². The molecule has 2 fully saturated rings. The van der Waals surface area contributed by atoms with Gasteiger partial charge in [-0.3, -0.25) is 19.8 Å². The first-order chi connectivity index (χ1) is 12.5. The Morgan fingerprint density at radius 3 is 2.73 bits per heavy atom. The van der Waals surface area contributed by atoms with Crippen LogP contribution in [0.25, 0.3) is 0 Å². The lowest BCUT2D eigenvalue weighted by molar-refractivity contribution is -0.385. The number of carboxylic acid groups (broad SMARTS) is 1. The minimum atomic E-state index is -0.779. The Hall–Kier alpha value is -2.35. The van der Waals surface area contributed by atoms with Crippen LogP contribution in [-0.2, 0) is 4.79 Å². The van der Waals surface area contributed by atoms with Crippen LogP contribution in [-0.4, -0.2) is 52.7 Å². The Morgan fingerprint density at radius 1 is 1.42 bits per heavy atom. The van der Waals surface area contributed by atoms with E-state index in [4.69, 9.17) is 9.84 Å². The maximum absolute atomic E-state index is 11.1. The molecule has 2 aliphatic rings. The van der Waals surface area contributed by atoms with Gasteiger partial charge in [-0.1, -0.05) is 0 Å². The number of nitro groups is 1. The quantitative estimate of drug-likeness (QED) is 0.486. The molecule has 0 heterocycles. The molecule has 8 heteroatoms. The van der Waals surface area contributed by atoms with Crippen LogP contribution in [0, 0.1) is 16.0 Å². The Kier molecular flexibility index (Phi) is 5.61. The lowest BCUT2D eigenvalue weighted by Crippen LogP contribution is -2.52. The Labute approximate surface area is 152 Å². The number of nitro benzene ring substituents is 1. The van der Waals surface area contributed by atoms with Gasteiger partial charge >= 0.3 is 11.7 Å². The molecule has 2 saturated carbocycles. The Bertz CT molecular complexity index is 671. The van der Waals surface area contributed by atoms with Gasteiger partial charge in [0, 0.05) is 36.4 Å². The van der Waals surface area contributed by atoms with Crippen LogP contribution in [0.1, 0.15) is 32.6 Å². The van der Waals surface area contributed by atoms with Crippen molar-refractivity contribution in [1.29, 1.82) is 0 Å². The zero-order valence-electron chi connectivity index (χ0n) is 14.9. The number of nitrogens with one attached hydrogen (secondary N) is 1. The first-order valence-corrected chi connectivity index (χ1v) is 9.10. The molecule has 142 valence electrons. The smallest absolute Gasteiger partial charge is 0.317 e. The van der Waals surface area contributed by atoms with Gasteiger partial charge in [0.2, 0.25) is 0 Å². The maximum Gasteiger partial charge on any atom is 0.317 e. The SMILES string of the molecule is CCOc1cc(NC2CC(N(CC(=O)O)CC3CC3)C2)ccc1[N+](=O)[O-]. The monoisotopic (exact) mass is 363 g/mol. The van der Waals surface area contributed by atoms with Gasteiger partial charge in [-0.25, -0.2) is 0 Å². The van der Waals surface area contributed by atoms with Crippen LogP contribution in [0.15, 0.2) is 18.2 Å². The topological polar surface area (TPSA) is 105 Å². The van der Waals surface area contributed by atoms with E-state index < -0.39 is 10.9 Å². The van der Waals surface area contributed by atoms with Crippen molar-refractivity contribution < 1.29 is 19.6 Å². The molecular formula is C18H25N3O5. The molecule has 1 aromatic carbocycles. The zero-order chi connectivity index (χ0) is 18.7. The van der Waals surface area contributed by atoms with Crippen LogP contribution in [0.4, 0.5) is 11.4 Å². The molecule has 3 rings (SSSR count). The summed E-state index contributed by atoms with van der Waals surface area (Å²) in [5, 5.41) is 23.5. The van der Waals surface area contributed by atoms with Crippen molar-refractivity contribution >= 4 is 17.3 Å². The number of anilines is 1. The molecule has 0 atom stereocenters. The van der Waals surface area contributed by atoms with Gasteiger partial charge in [-0.05, 0) is 44.6 Å². The number of hydrogen-bond acceptors (Lipinski definition) is 6. The molecule has 0 spiro atoms. The molecule has 0 amide bonds. The van der Waals surface area contributed by atoms with Gasteiger partial charge in [0.05, 0.1) is 18.1 Å². The van der Waals surface area contributed by atoms with E-state index >= 15 is 0 Å². The highest BCUT2D eigenvalue weighted by Gasteiger charge is 2.37. The van der Waals surface area contributed by atoms with Crippen LogP contribution in [0.5, 0.6) is 5.75 Å². The number of rotatable bonds is 10. The third-order valence-corrected chi connectivity index (χ3v) is 4.98. The molecule has 2 aliphatic carbocycles. The van der Waals surface area contributed by atoms with Gasteiger partial charge < -0.3 is 15.2 Å². The summed E-state index contributed by atoms with van der Waals surface area (Å²) < 4.78 is 5.37. The van der Waals surface area contributed by atoms with E-state index in [1.807, 2.05) is 0 Å². The summed E-state index contributed by atoms with van der Waals surface area (Å²) in [4.78, 5) is 23.8. The van der Waals surface area contributed by atoms with Crippen molar-refractivity contribution in [2.75, 3.05) is 25.0 Å².